The highest BCUT2D eigenvalue weighted by Gasteiger charge is 2.24. The van der Waals surface area contributed by atoms with Crippen LogP contribution in [-0.4, -0.2) is 33.8 Å². The number of aromatic amines is 1. The largest absolute Gasteiger partial charge is 0.490 e. The number of benzene rings is 1. The Balaban J connectivity index is 1.42. The van der Waals surface area contributed by atoms with Crippen LogP contribution in [0.4, 0.5) is 8.78 Å². The summed E-state index contributed by atoms with van der Waals surface area (Å²) in [7, 11) is 0. The number of nitrogens with one attached hydrogen (secondary N) is 2. The Bertz CT molecular complexity index is 878. The van der Waals surface area contributed by atoms with Crippen LogP contribution in [0.2, 0.25) is 0 Å². The van der Waals surface area contributed by atoms with Crippen LogP contribution < -0.4 is 15.6 Å². The Kier molecular flexibility index (Phi) is 6.66. The number of hydrogen-bond donors (Lipinski definition) is 2. The first kappa shape index (κ1) is 20.3. The van der Waals surface area contributed by atoms with E-state index in [0.717, 1.165) is 31.0 Å². The molecule has 1 aromatic carbocycles. The third kappa shape index (κ3) is 6.05. The fourth-order valence-corrected chi connectivity index (χ4v) is 3.87. The molecule has 1 amide bonds. The first-order valence-electron chi connectivity index (χ1n) is 9.00. The highest BCUT2D eigenvalue weighted by atomic mass is 32.2. The summed E-state index contributed by atoms with van der Waals surface area (Å²) in [4.78, 5) is 30.3. The zero-order valence-corrected chi connectivity index (χ0v) is 16.2. The lowest BCUT2D eigenvalue weighted by atomic mass is 9.93. The summed E-state index contributed by atoms with van der Waals surface area (Å²) in [5.41, 5.74) is 0.357. The molecule has 1 aliphatic carbocycles. The number of aromatic nitrogens is 2. The van der Waals surface area contributed by atoms with Gasteiger partial charge >= 0.3 is 0 Å². The third-order valence-electron chi connectivity index (χ3n) is 4.37. The van der Waals surface area contributed by atoms with Crippen molar-refractivity contribution in [2.45, 2.75) is 49.9 Å². The molecular formula is C19H21F2N3O3S. The van der Waals surface area contributed by atoms with E-state index in [0.29, 0.717) is 23.7 Å². The molecule has 2 aromatic rings. The van der Waals surface area contributed by atoms with Crippen LogP contribution in [-0.2, 0) is 4.79 Å². The molecule has 1 heterocycles. The van der Waals surface area contributed by atoms with Crippen molar-refractivity contribution in [3.8, 4) is 5.75 Å². The lowest BCUT2D eigenvalue weighted by Crippen LogP contribution is -2.40. The number of halogens is 2. The highest BCUT2D eigenvalue weighted by Crippen LogP contribution is 2.25. The second-order valence-electron chi connectivity index (χ2n) is 6.74. The Hall–Kier alpha value is -2.42. The van der Waals surface area contributed by atoms with E-state index >= 15 is 0 Å². The summed E-state index contributed by atoms with van der Waals surface area (Å²) in [5.74, 6) is -1.13. The molecule has 3 rings (SSSR count). The van der Waals surface area contributed by atoms with Gasteiger partial charge in [-0.2, -0.15) is 0 Å². The van der Waals surface area contributed by atoms with E-state index in [1.165, 1.54) is 17.8 Å². The molecule has 9 heteroatoms. The summed E-state index contributed by atoms with van der Waals surface area (Å²) in [6, 6.07) is 4.55. The van der Waals surface area contributed by atoms with E-state index < -0.39 is 11.6 Å². The van der Waals surface area contributed by atoms with Crippen LogP contribution in [0.3, 0.4) is 0 Å². The predicted octanol–water partition coefficient (Wildman–Crippen LogP) is 2.96. The van der Waals surface area contributed by atoms with Gasteiger partial charge in [0.05, 0.1) is 11.9 Å². The standard InChI is InChI=1S/C19H21F2N3O3S/c1-11-6-17(25)24-19(22-11)28-10-18(26)23-14-2-4-15(5-3-14)27-16-8-12(20)7-13(21)9-16/h6-9,14-15H,2-5,10H2,1H3,(H,23,26)(H,22,24,25). The zero-order valence-electron chi connectivity index (χ0n) is 15.3. The summed E-state index contributed by atoms with van der Waals surface area (Å²) >= 11 is 1.18. The molecular weight excluding hydrogens is 388 g/mol. The van der Waals surface area contributed by atoms with Gasteiger partial charge in [-0.05, 0) is 32.6 Å². The normalized spacial score (nSPS) is 19.2. The van der Waals surface area contributed by atoms with Crippen molar-refractivity contribution in [3.63, 3.8) is 0 Å². The molecule has 0 saturated heterocycles. The molecule has 150 valence electrons. The lowest BCUT2D eigenvalue weighted by molar-refractivity contribution is -0.119. The molecule has 2 N–H and O–H groups in total. The van der Waals surface area contributed by atoms with Gasteiger partial charge in [0, 0.05) is 36.0 Å². The lowest BCUT2D eigenvalue weighted by Gasteiger charge is -2.29. The number of H-pyrrole nitrogens is 1. The maximum absolute atomic E-state index is 13.2. The Morgan fingerprint density at radius 3 is 2.54 bits per heavy atom. The molecule has 28 heavy (non-hydrogen) atoms. The van der Waals surface area contributed by atoms with Gasteiger partial charge in [-0.15, -0.1) is 0 Å². The number of ether oxygens (including phenoxy) is 1. The number of amides is 1. The number of thioether (sulfide) groups is 1. The van der Waals surface area contributed by atoms with Crippen molar-refractivity contribution in [2.24, 2.45) is 0 Å². The van der Waals surface area contributed by atoms with Crippen molar-refractivity contribution in [1.29, 1.82) is 0 Å². The van der Waals surface area contributed by atoms with E-state index in [9.17, 15) is 18.4 Å². The third-order valence-corrected chi connectivity index (χ3v) is 5.24. The fraction of sp³-hybridized carbons (Fsp3) is 0.421. The molecule has 0 radical (unpaired) electrons. The van der Waals surface area contributed by atoms with Crippen LogP contribution in [0.1, 0.15) is 31.4 Å². The van der Waals surface area contributed by atoms with Gasteiger partial charge in [0.25, 0.3) is 5.56 Å². The fourth-order valence-electron chi connectivity index (χ4n) is 3.14. The Morgan fingerprint density at radius 2 is 1.89 bits per heavy atom. The minimum atomic E-state index is -0.669. The number of carbonyl (C=O) groups excluding carboxylic acids is 1. The average molecular weight is 409 g/mol. The Morgan fingerprint density at radius 1 is 1.21 bits per heavy atom. The van der Waals surface area contributed by atoms with E-state index in [1.54, 1.807) is 6.92 Å². The molecule has 6 nitrogen and oxygen atoms in total. The maximum atomic E-state index is 13.2. The van der Waals surface area contributed by atoms with Crippen LogP contribution in [0.15, 0.2) is 34.2 Å². The first-order valence-corrected chi connectivity index (χ1v) is 9.99. The van der Waals surface area contributed by atoms with Gasteiger partial charge in [0.1, 0.15) is 17.4 Å². The van der Waals surface area contributed by atoms with Gasteiger partial charge in [0.2, 0.25) is 5.91 Å². The molecule has 0 unspecified atom stereocenters. The number of hydrogen-bond acceptors (Lipinski definition) is 5. The Labute approximate surface area is 165 Å². The number of aryl methyl sites for hydroxylation is 1. The number of rotatable bonds is 6. The SMILES string of the molecule is Cc1cc(=O)[nH]c(SCC(=O)NC2CCC(Oc3cc(F)cc(F)c3)CC2)n1. The van der Waals surface area contributed by atoms with Crippen LogP contribution in [0.25, 0.3) is 0 Å². The second kappa shape index (κ2) is 9.18. The van der Waals surface area contributed by atoms with Crippen LogP contribution in [0.5, 0.6) is 5.75 Å². The monoisotopic (exact) mass is 409 g/mol. The molecule has 1 aliphatic rings. The van der Waals surface area contributed by atoms with Gasteiger partial charge in [-0.3, -0.25) is 9.59 Å². The van der Waals surface area contributed by atoms with Gasteiger partial charge in [-0.1, -0.05) is 11.8 Å². The van der Waals surface area contributed by atoms with Crippen molar-refractivity contribution < 1.29 is 18.3 Å². The second-order valence-corrected chi connectivity index (χ2v) is 7.71. The van der Waals surface area contributed by atoms with E-state index in [1.807, 2.05) is 0 Å². The van der Waals surface area contributed by atoms with E-state index in [4.69, 9.17) is 4.74 Å². The predicted molar refractivity (Wildman–Crippen MR) is 101 cm³/mol. The van der Waals surface area contributed by atoms with E-state index in [-0.39, 0.29) is 35.1 Å². The molecule has 0 atom stereocenters. The molecule has 1 aromatic heterocycles. The number of nitrogens with zero attached hydrogens (tertiary/aromatic N) is 1. The van der Waals surface area contributed by atoms with Crippen molar-refractivity contribution in [1.82, 2.24) is 15.3 Å². The van der Waals surface area contributed by atoms with Crippen molar-refractivity contribution in [2.75, 3.05) is 5.75 Å². The summed E-state index contributed by atoms with van der Waals surface area (Å²) in [6.45, 7) is 1.72. The highest BCUT2D eigenvalue weighted by molar-refractivity contribution is 7.99. The minimum absolute atomic E-state index is 0.0294. The zero-order chi connectivity index (χ0) is 20.1. The summed E-state index contributed by atoms with van der Waals surface area (Å²) in [6.07, 6.45) is 2.67. The first-order chi connectivity index (χ1) is 13.4. The average Bonchev–Trinajstić information content (AvgIpc) is 2.60. The van der Waals surface area contributed by atoms with Gasteiger partial charge in [-0.25, -0.2) is 13.8 Å². The van der Waals surface area contributed by atoms with E-state index in [2.05, 4.69) is 15.3 Å². The molecule has 0 spiro atoms. The van der Waals surface area contributed by atoms with Crippen molar-refractivity contribution >= 4 is 17.7 Å². The minimum Gasteiger partial charge on any atom is -0.490 e. The molecule has 0 aliphatic heterocycles. The van der Waals surface area contributed by atoms with Crippen molar-refractivity contribution in [3.05, 3.63) is 51.9 Å². The molecule has 0 bridgehead atoms. The molecule has 1 fully saturated rings. The summed E-state index contributed by atoms with van der Waals surface area (Å²) < 4.78 is 32.1. The van der Waals surface area contributed by atoms with Gasteiger partial charge in [0.15, 0.2) is 5.16 Å². The van der Waals surface area contributed by atoms with Gasteiger partial charge < -0.3 is 15.0 Å². The maximum Gasteiger partial charge on any atom is 0.251 e. The van der Waals surface area contributed by atoms with Crippen LogP contribution in [0, 0.1) is 18.6 Å². The topological polar surface area (TPSA) is 84.1 Å². The summed E-state index contributed by atoms with van der Waals surface area (Å²) in [5, 5.41) is 3.38. The molecule has 1 saturated carbocycles. The number of carbonyl (C=O) groups is 1. The smallest absolute Gasteiger partial charge is 0.251 e. The quantitative estimate of drug-likeness (QED) is 0.566. The van der Waals surface area contributed by atoms with Crippen LogP contribution >= 0.6 is 11.8 Å².